The zero-order valence-corrected chi connectivity index (χ0v) is 14.1. The Hall–Kier alpha value is -2.80. The van der Waals surface area contributed by atoms with Crippen molar-refractivity contribution in [3.05, 3.63) is 75.8 Å². The van der Waals surface area contributed by atoms with Crippen LogP contribution in [-0.2, 0) is 11.3 Å². The summed E-state index contributed by atoms with van der Waals surface area (Å²) in [5.41, 5.74) is 1.67. The van der Waals surface area contributed by atoms with Crippen LogP contribution in [0.5, 0.6) is 0 Å². The van der Waals surface area contributed by atoms with E-state index >= 15 is 0 Å². The fourth-order valence-electron chi connectivity index (χ4n) is 2.10. The first-order valence-electron chi connectivity index (χ1n) is 7.16. The summed E-state index contributed by atoms with van der Waals surface area (Å²) in [6.45, 7) is -0.164. The van der Waals surface area contributed by atoms with Crippen molar-refractivity contribution in [2.75, 3.05) is 5.32 Å². The van der Waals surface area contributed by atoms with Crippen LogP contribution in [0.1, 0.15) is 0 Å². The first-order valence-corrected chi connectivity index (χ1v) is 7.95. The third-order valence-corrected chi connectivity index (χ3v) is 3.77. The van der Waals surface area contributed by atoms with E-state index < -0.39 is 0 Å². The number of amides is 1. The smallest absolute Gasteiger partial charge is 0.267 e. The summed E-state index contributed by atoms with van der Waals surface area (Å²) in [4.78, 5) is 28.1. The average Bonchev–Trinajstić information content (AvgIpc) is 2.60. The van der Waals surface area contributed by atoms with Crippen molar-refractivity contribution in [3.8, 4) is 11.3 Å². The van der Waals surface area contributed by atoms with Crippen LogP contribution in [0.15, 0.2) is 70.2 Å². The molecule has 24 heavy (non-hydrogen) atoms. The SMILES string of the molecule is O=C(Cn1nc(-c2cccnc2)ccc1=O)Nc1ccc(Br)cc1. The first-order chi connectivity index (χ1) is 11.6. The number of anilines is 1. The molecule has 0 atom stereocenters. The molecule has 0 bridgehead atoms. The summed E-state index contributed by atoms with van der Waals surface area (Å²) in [7, 11) is 0. The molecule has 0 aliphatic carbocycles. The van der Waals surface area contributed by atoms with Gasteiger partial charge in [0.1, 0.15) is 6.54 Å². The quantitative estimate of drug-likeness (QED) is 0.749. The highest BCUT2D eigenvalue weighted by Crippen LogP contribution is 2.14. The van der Waals surface area contributed by atoms with E-state index in [1.807, 2.05) is 18.2 Å². The third kappa shape index (κ3) is 3.94. The average molecular weight is 385 g/mol. The lowest BCUT2D eigenvalue weighted by molar-refractivity contribution is -0.117. The molecule has 0 unspecified atom stereocenters. The molecule has 6 nitrogen and oxygen atoms in total. The number of hydrogen-bond donors (Lipinski definition) is 1. The van der Waals surface area contributed by atoms with Crippen LogP contribution in [0, 0.1) is 0 Å². The Morgan fingerprint density at radius 2 is 1.92 bits per heavy atom. The standard InChI is InChI=1S/C17H13BrN4O2/c18-13-3-5-14(6-4-13)20-16(23)11-22-17(24)8-7-15(21-22)12-2-1-9-19-10-12/h1-10H,11H2,(H,20,23). The number of nitrogens with zero attached hydrogens (tertiary/aromatic N) is 3. The van der Waals surface area contributed by atoms with Gasteiger partial charge in [0.05, 0.1) is 5.69 Å². The molecule has 0 radical (unpaired) electrons. The minimum Gasteiger partial charge on any atom is -0.324 e. The van der Waals surface area contributed by atoms with Gasteiger partial charge in [0.15, 0.2) is 0 Å². The van der Waals surface area contributed by atoms with Gasteiger partial charge in [-0.2, -0.15) is 5.10 Å². The fraction of sp³-hybridized carbons (Fsp3) is 0.0588. The minimum absolute atomic E-state index is 0.164. The molecule has 3 aromatic rings. The number of benzene rings is 1. The van der Waals surface area contributed by atoms with Crippen LogP contribution in [0.3, 0.4) is 0 Å². The van der Waals surface area contributed by atoms with Gasteiger partial charge in [-0.15, -0.1) is 0 Å². The van der Waals surface area contributed by atoms with Crippen molar-refractivity contribution in [2.45, 2.75) is 6.54 Å². The first kappa shape index (κ1) is 16.1. The highest BCUT2D eigenvalue weighted by molar-refractivity contribution is 9.10. The van der Waals surface area contributed by atoms with Crippen molar-refractivity contribution < 1.29 is 4.79 Å². The lowest BCUT2D eigenvalue weighted by atomic mass is 10.2. The number of nitrogens with one attached hydrogen (secondary N) is 1. The molecule has 3 rings (SSSR count). The van der Waals surface area contributed by atoms with Gasteiger partial charge in [0.25, 0.3) is 5.56 Å². The minimum atomic E-state index is -0.339. The molecule has 1 aromatic carbocycles. The maximum atomic E-state index is 12.1. The summed E-state index contributed by atoms with van der Waals surface area (Å²) in [6, 6.07) is 13.8. The Labute approximate surface area is 146 Å². The molecule has 2 aromatic heterocycles. The van der Waals surface area contributed by atoms with Crippen molar-refractivity contribution >= 4 is 27.5 Å². The summed E-state index contributed by atoms with van der Waals surface area (Å²) in [5.74, 6) is -0.324. The summed E-state index contributed by atoms with van der Waals surface area (Å²) >= 11 is 3.33. The van der Waals surface area contributed by atoms with Gasteiger partial charge in [-0.05, 0) is 42.5 Å². The van der Waals surface area contributed by atoms with Gasteiger partial charge in [0.2, 0.25) is 5.91 Å². The summed E-state index contributed by atoms with van der Waals surface area (Å²) in [5, 5.41) is 6.97. The normalized spacial score (nSPS) is 10.4. The van der Waals surface area contributed by atoms with Gasteiger partial charge >= 0.3 is 0 Å². The van der Waals surface area contributed by atoms with Crippen molar-refractivity contribution in [1.82, 2.24) is 14.8 Å². The maximum Gasteiger partial charge on any atom is 0.267 e. The predicted octanol–water partition coefficient (Wildman–Crippen LogP) is 2.71. The molecule has 120 valence electrons. The monoisotopic (exact) mass is 384 g/mol. The zero-order chi connectivity index (χ0) is 16.9. The largest absolute Gasteiger partial charge is 0.324 e. The van der Waals surface area contributed by atoms with Crippen LogP contribution < -0.4 is 10.9 Å². The van der Waals surface area contributed by atoms with Gasteiger partial charge in [-0.1, -0.05) is 15.9 Å². The molecule has 0 saturated heterocycles. The Kier molecular flexibility index (Phi) is 4.81. The van der Waals surface area contributed by atoms with E-state index in [2.05, 4.69) is 31.3 Å². The topological polar surface area (TPSA) is 76.9 Å². The van der Waals surface area contributed by atoms with E-state index in [4.69, 9.17) is 0 Å². The van der Waals surface area contributed by atoms with Crippen LogP contribution in [0.4, 0.5) is 5.69 Å². The fourth-order valence-corrected chi connectivity index (χ4v) is 2.36. The number of hydrogen-bond acceptors (Lipinski definition) is 4. The highest BCUT2D eigenvalue weighted by Gasteiger charge is 2.08. The molecule has 1 amide bonds. The Bertz CT molecular complexity index is 908. The zero-order valence-electron chi connectivity index (χ0n) is 12.5. The third-order valence-electron chi connectivity index (χ3n) is 3.25. The number of rotatable bonds is 4. The second kappa shape index (κ2) is 7.18. The van der Waals surface area contributed by atoms with E-state index in [0.717, 1.165) is 14.7 Å². The van der Waals surface area contributed by atoms with Crippen molar-refractivity contribution in [1.29, 1.82) is 0 Å². The molecule has 7 heteroatoms. The summed E-state index contributed by atoms with van der Waals surface area (Å²) in [6.07, 6.45) is 3.31. The molecule has 0 aliphatic heterocycles. The van der Waals surface area contributed by atoms with Gasteiger partial charge < -0.3 is 5.32 Å². The lowest BCUT2D eigenvalue weighted by Gasteiger charge is -2.08. The number of halogens is 1. The van der Waals surface area contributed by atoms with Crippen molar-refractivity contribution in [2.24, 2.45) is 0 Å². The number of aromatic nitrogens is 3. The Morgan fingerprint density at radius 3 is 2.62 bits per heavy atom. The summed E-state index contributed by atoms with van der Waals surface area (Å²) < 4.78 is 2.05. The second-order valence-corrected chi connectivity index (χ2v) is 5.93. The van der Waals surface area contributed by atoms with Crippen LogP contribution >= 0.6 is 15.9 Å². The predicted molar refractivity (Wildman–Crippen MR) is 94.5 cm³/mol. The molecule has 0 saturated carbocycles. The molecule has 1 N–H and O–H groups in total. The van der Waals surface area contributed by atoms with Gasteiger partial charge in [-0.25, -0.2) is 4.68 Å². The van der Waals surface area contributed by atoms with Crippen molar-refractivity contribution in [3.63, 3.8) is 0 Å². The van der Waals surface area contributed by atoms with Crippen LogP contribution in [-0.4, -0.2) is 20.7 Å². The molecule has 0 spiro atoms. The number of pyridine rings is 1. The van der Waals surface area contributed by atoms with E-state index in [-0.39, 0.29) is 18.0 Å². The van der Waals surface area contributed by atoms with E-state index in [0.29, 0.717) is 11.4 Å². The van der Waals surface area contributed by atoms with E-state index in [1.54, 1.807) is 36.7 Å². The maximum absolute atomic E-state index is 12.1. The van der Waals surface area contributed by atoms with Crippen LogP contribution in [0.2, 0.25) is 0 Å². The van der Waals surface area contributed by atoms with E-state index in [9.17, 15) is 9.59 Å². The molecular formula is C17H13BrN4O2. The molecular weight excluding hydrogens is 372 g/mol. The van der Waals surface area contributed by atoms with Gasteiger partial charge in [-0.3, -0.25) is 14.6 Å². The van der Waals surface area contributed by atoms with Crippen LogP contribution in [0.25, 0.3) is 11.3 Å². The molecule has 0 aliphatic rings. The number of carbonyl (C=O) groups excluding carboxylic acids is 1. The second-order valence-electron chi connectivity index (χ2n) is 5.01. The number of carbonyl (C=O) groups is 1. The molecule has 0 fully saturated rings. The Morgan fingerprint density at radius 1 is 1.12 bits per heavy atom. The lowest BCUT2D eigenvalue weighted by Crippen LogP contribution is -2.29. The highest BCUT2D eigenvalue weighted by atomic mass is 79.9. The molecule has 2 heterocycles. The Balaban J connectivity index is 1.78. The van der Waals surface area contributed by atoms with Gasteiger partial charge in [0, 0.05) is 34.2 Å². The van der Waals surface area contributed by atoms with E-state index in [1.165, 1.54) is 6.07 Å².